The van der Waals surface area contributed by atoms with Crippen LogP contribution in [-0.2, 0) is 0 Å². The molecule has 2 aromatic rings. The van der Waals surface area contributed by atoms with Gasteiger partial charge < -0.3 is 20.2 Å². The van der Waals surface area contributed by atoms with Gasteiger partial charge in [-0.15, -0.1) is 0 Å². The van der Waals surface area contributed by atoms with Crippen LogP contribution in [0, 0.1) is 5.21 Å². The molecular weight excluding hydrogens is 418 g/mol. The summed E-state index contributed by atoms with van der Waals surface area (Å²) >= 11 is 6.38. The molecule has 2 aliphatic rings. The Bertz CT molecular complexity index is 954. The van der Waals surface area contributed by atoms with Gasteiger partial charge in [-0.05, 0) is 37.1 Å². The van der Waals surface area contributed by atoms with E-state index in [0.717, 1.165) is 25.7 Å². The third kappa shape index (κ3) is 5.28. The zero-order valence-electron chi connectivity index (χ0n) is 17.3. The summed E-state index contributed by atoms with van der Waals surface area (Å²) in [6.45, 7) is 1.08. The van der Waals surface area contributed by atoms with Crippen LogP contribution in [0.1, 0.15) is 59.2 Å². The Hall–Kier alpha value is -2.80. The quantitative estimate of drug-likeness (QED) is 0.567. The highest BCUT2D eigenvalue weighted by atomic mass is 35.5. The van der Waals surface area contributed by atoms with Gasteiger partial charge in [-0.25, -0.2) is 0 Å². The van der Waals surface area contributed by atoms with Crippen LogP contribution < -0.4 is 14.8 Å². The molecule has 0 bridgehead atoms. The van der Waals surface area contributed by atoms with Crippen LogP contribution in [0.2, 0.25) is 5.02 Å². The Morgan fingerprint density at radius 2 is 1.84 bits per heavy atom. The summed E-state index contributed by atoms with van der Waals surface area (Å²) in [6, 6.07) is 8.58. The number of piperidine rings is 1. The van der Waals surface area contributed by atoms with Crippen LogP contribution in [0.3, 0.4) is 0 Å². The topological polar surface area (TPSA) is 85.6 Å². The number of amides is 2. The molecule has 1 aliphatic carbocycles. The maximum absolute atomic E-state index is 12.6. The minimum atomic E-state index is -0.153. The lowest BCUT2D eigenvalue weighted by Gasteiger charge is -2.32. The fraction of sp³-hybridized carbons (Fsp3) is 0.435. The molecule has 0 unspecified atom stereocenters. The van der Waals surface area contributed by atoms with Crippen LogP contribution in [0.5, 0.6) is 5.75 Å². The van der Waals surface area contributed by atoms with Gasteiger partial charge in [-0.1, -0.05) is 24.4 Å². The monoisotopic (exact) mass is 443 g/mol. The van der Waals surface area contributed by atoms with Gasteiger partial charge in [-0.3, -0.25) is 9.59 Å². The van der Waals surface area contributed by atoms with Crippen molar-refractivity contribution in [3.63, 3.8) is 0 Å². The molecule has 2 amide bonds. The molecule has 1 saturated heterocycles. The zero-order chi connectivity index (χ0) is 21.8. The summed E-state index contributed by atoms with van der Waals surface area (Å²) in [5.74, 6) is 0.283. The summed E-state index contributed by atoms with van der Waals surface area (Å²) in [4.78, 5) is 26.7. The average Bonchev–Trinajstić information content (AvgIpc) is 3.28. The average molecular weight is 444 g/mol. The normalized spacial score (nSPS) is 17.5. The number of benzene rings is 1. The van der Waals surface area contributed by atoms with E-state index >= 15 is 0 Å². The van der Waals surface area contributed by atoms with E-state index in [1.807, 2.05) is 0 Å². The fourth-order valence-electron chi connectivity index (χ4n) is 4.20. The minimum Gasteiger partial charge on any atom is -0.619 e. The number of ether oxygens (including phenoxy) is 1. The lowest BCUT2D eigenvalue weighted by atomic mass is 10.1. The van der Waals surface area contributed by atoms with E-state index in [1.54, 1.807) is 35.2 Å². The molecule has 7 nitrogen and oxygen atoms in total. The number of carbonyl (C=O) groups excluding carboxylic acids is 2. The number of hydrogen-bond donors (Lipinski definition) is 1. The van der Waals surface area contributed by atoms with Gasteiger partial charge in [0.15, 0.2) is 12.4 Å². The number of nitrogens with one attached hydrogen (secondary N) is 1. The highest BCUT2D eigenvalue weighted by Crippen LogP contribution is 2.29. The largest absolute Gasteiger partial charge is 0.619 e. The number of aromatic nitrogens is 1. The predicted octanol–water partition coefficient (Wildman–Crippen LogP) is 3.33. The van der Waals surface area contributed by atoms with Crippen molar-refractivity contribution < 1.29 is 19.1 Å². The minimum absolute atomic E-state index is 0.0695. The SMILES string of the molecule is O=C(NC1CCCC1)c1ccc(OC2CCN(C(=O)c3ccc[n+]([O-])c3)CC2)c(Cl)c1. The molecule has 1 aliphatic heterocycles. The van der Waals surface area contributed by atoms with E-state index in [9.17, 15) is 14.8 Å². The molecule has 0 radical (unpaired) electrons. The maximum Gasteiger partial charge on any atom is 0.259 e. The molecule has 2 fully saturated rings. The maximum atomic E-state index is 12.6. The van der Waals surface area contributed by atoms with Crippen molar-refractivity contribution in [2.45, 2.75) is 50.7 Å². The van der Waals surface area contributed by atoms with Crippen molar-refractivity contribution in [2.24, 2.45) is 0 Å². The van der Waals surface area contributed by atoms with Gasteiger partial charge in [0.25, 0.3) is 11.8 Å². The number of pyridine rings is 1. The van der Waals surface area contributed by atoms with Crippen molar-refractivity contribution >= 4 is 23.4 Å². The summed E-state index contributed by atoms with van der Waals surface area (Å²) in [5, 5.41) is 14.9. The van der Waals surface area contributed by atoms with Gasteiger partial charge in [-0.2, -0.15) is 4.73 Å². The second-order valence-electron chi connectivity index (χ2n) is 8.16. The highest BCUT2D eigenvalue weighted by molar-refractivity contribution is 6.32. The first kappa shape index (κ1) is 21.4. The van der Waals surface area contributed by atoms with Crippen molar-refractivity contribution in [3.05, 3.63) is 64.1 Å². The van der Waals surface area contributed by atoms with Crippen LogP contribution in [0.15, 0.2) is 42.7 Å². The van der Waals surface area contributed by atoms with Crippen molar-refractivity contribution in [1.29, 1.82) is 0 Å². The van der Waals surface area contributed by atoms with E-state index in [-0.39, 0.29) is 24.0 Å². The van der Waals surface area contributed by atoms with Gasteiger partial charge in [0.05, 0.1) is 5.02 Å². The molecule has 2 heterocycles. The number of halogens is 1. The summed E-state index contributed by atoms with van der Waals surface area (Å²) in [5.41, 5.74) is 0.912. The Labute approximate surface area is 186 Å². The van der Waals surface area contributed by atoms with E-state index in [4.69, 9.17) is 16.3 Å². The van der Waals surface area contributed by atoms with E-state index in [0.29, 0.717) is 52.6 Å². The van der Waals surface area contributed by atoms with Crippen LogP contribution >= 0.6 is 11.6 Å². The lowest BCUT2D eigenvalue weighted by molar-refractivity contribution is -0.605. The van der Waals surface area contributed by atoms with Crippen molar-refractivity contribution in [1.82, 2.24) is 10.2 Å². The van der Waals surface area contributed by atoms with Gasteiger partial charge in [0.1, 0.15) is 17.4 Å². The zero-order valence-corrected chi connectivity index (χ0v) is 18.0. The van der Waals surface area contributed by atoms with Crippen LogP contribution in [0.25, 0.3) is 0 Å². The molecule has 8 heteroatoms. The Morgan fingerprint density at radius 3 is 2.52 bits per heavy atom. The standard InChI is InChI=1S/C23H26ClN3O4/c24-20-14-16(22(28)25-18-5-1-2-6-18)7-8-21(20)31-19-9-12-26(13-10-19)23(29)17-4-3-11-27(30)15-17/h3-4,7-8,11,14-15,18-19H,1-2,5-6,9-10,12-13H2,(H,25,28). The first-order chi connectivity index (χ1) is 15.0. The smallest absolute Gasteiger partial charge is 0.259 e. The third-order valence-electron chi connectivity index (χ3n) is 5.93. The molecule has 1 saturated carbocycles. The molecule has 4 rings (SSSR count). The Kier molecular flexibility index (Phi) is 6.61. The third-order valence-corrected chi connectivity index (χ3v) is 6.22. The van der Waals surface area contributed by atoms with Gasteiger partial charge in [0, 0.05) is 43.6 Å². The predicted molar refractivity (Wildman–Crippen MR) is 116 cm³/mol. The number of carbonyl (C=O) groups is 2. The van der Waals surface area contributed by atoms with Gasteiger partial charge in [0.2, 0.25) is 0 Å². The van der Waals surface area contributed by atoms with E-state index in [1.165, 1.54) is 12.4 Å². The lowest BCUT2D eigenvalue weighted by Crippen LogP contribution is -2.42. The number of likely N-dealkylation sites (tertiary alicyclic amines) is 1. The first-order valence-electron chi connectivity index (χ1n) is 10.7. The molecule has 0 atom stereocenters. The molecule has 31 heavy (non-hydrogen) atoms. The molecule has 1 aromatic heterocycles. The van der Waals surface area contributed by atoms with Gasteiger partial charge >= 0.3 is 0 Å². The van der Waals surface area contributed by atoms with E-state index in [2.05, 4.69) is 5.32 Å². The molecular formula is C23H26ClN3O4. The summed E-state index contributed by atoms with van der Waals surface area (Å²) in [6.07, 6.45) is 8.28. The first-order valence-corrected chi connectivity index (χ1v) is 11.1. The van der Waals surface area contributed by atoms with Crippen LogP contribution in [0.4, 0.5) is 0 Å². The van der Waals surface area contributed by atoms with E-state index < -0.39 is 0 Å². The number of nitrogens with zero attached hydrogens (tertiary/aromatic N) is 2. The second kappa shape index (κ2) is 9.56. The number of rotatable bonds is 5. The molecule has 1 aromatic carbocycles. The molecule has 1 N–H and O–H groups in total. The summed E-state index contributed by atoms with van der Waals surface area (Å²) < 4.78 is 6.68. The second-order valence-corrected chi connectivity index (χ2v) is 8.57. The fourth-order valence-corrected chi connectivity index (χ4v) is 4.42. The molecule has 164 valence electrons. The highest BCUT2D eigenvalue weighted by Gasteiger charge is 2.26. The molecule has 0 spiro atoms. The number of hydrogen-bond acceptors (Lipinski definition) is 4. The van der Waals surface area contributed by atoms with Crippen LogP contribution in [-0.4, -0.2) is 41.9 Å². The Balaban J connectivity index is 1.31. The summed E-state index contributed by atoms with van der Waals surface area (Å²) in [7, 11) is 0. The Morgan fingerprint density at radius 1 is 1.10 bits per heavy atom. The van der Waals surface area contributed by atoms with Crippen molar-refractivity contribution in [3.8, 4) is 5.75 Å². The van der Waals surface area contributed by atoms with Crippen molar-refractivity contribution in [2.75, 3.05) is 13.1 Å².